The predicted molar refractivity (Wildman–Crippen MR) is 72.5 cm³/mol. The van der Waals surface area contributed by atoms with Crippen molar-refractivity contribution in [3.8, 4) is 5.75 Å². The normalized spacial score (nSPS) is 10.0. The lowest BCUT2D eigenvalue weighted by Gasteiger charge is -2.10. The summed E-state index contributed by atoms with van der Waals surface area (Å²) in [4.78, 5) is 15.0. The number of hydrogen-bond acceptors (Lipinski definition) is 4. The lowest BCUT2D eigenvalue weighted by atomic mass is 10.2. The van der Waals surface area contributed by atoms with Gasteiger partial charge < -0.3 is 15.2 Å². The summed E-state index contributed by atoms with van der Waals surface area (Å²) in [6, 6.07) is 8.63. The number of carboxylic acid groups (broad SMARTS) is 1. The zero-order chi connectivity index (χ0) is 13.8. The fraction of sp³-hybridized carbons (Fsp3) is 0.0769. The van der Waals surface area contributed by atoms with Gasteiger partial charge in [-0.2, -0.15) is 0 Å². The Hall–Kier alpha value is -2.27. The van der Waals surface area contributed by atoms with E-state index < -0.39 is 5.97 Å². The first-order valence-electron chi connectivity index (χ1n) is 5.40. The maximum Gasteiger partial charge on any atom is 0.337 e. The first-order chi connectivity index (χ1) is 9.11. The SMILES string of the molecule is COc1ccccc1Nc1cc(C(=O)O)c(Cl)cn1. The number of rotatable bonds is 4. The Morgan fingerprint density at radius 3 is 2.84 bits per heavy atom. The number of nitrogens with zero attached hydrogens (tertiary/aromatic N) is 1. The van der Waals surface area contributed by atoms with Crippen molar-refractivity contribution >= 4 is 29.1 Å². The van der Waals surface area contributed by atoms with Crippen LogP contribution in [0.4, 0.5) is 11.5 Å². The highest BCUT2D eigenvalue weighted by molar-refractivity contribution is 6.33. The third kappa shape index (κ3) is 2.95. The van der Waals surface area contributed by atoms with Gasteiger partial charge in [-0.05, 0) is 18.2 Å². The molecule has 6 heteroatoms. The molecule has 98 valence electrons. The van der Waals surface area contributed by atoms with Crippen molar-refractivity contribution in [1.82, 2.24) is 4.98 Å². The van der Waals surface area contributed by atoms with E-state index in [0.717, 1.165) is 0 Å². The lowest BCUT2D eigenvalue weighted by molar-refractivity contribution is 0.0697. The summed E-state index contributed by atoms with van der Waals surface area (Å²) in [5.74, 6) is -0.0853. The van der Waals surface area contributed by atoms with Crippen molar-refractivity contribution in [2.45, 2.75) is 0 Å². The number of aromatic nitrogens is 1. The van der Waals surface area contributed by atoms with E-state index in [2.05, 4.69) is 10.3 Å². The van der Waals surface area contributed by atoms with Crippen LogP contribution in [0.3, 0.4) is 0 Å². The van der Waals surface area contributed by atoms with E-state index in [0.29, 0.717) is 17.3 Å². The van der Waals surface area contributed by atoms with Crippen molar-refractivity contribution in [3.05, 3.63) is 47.1 Å². The van der Waals surface area contributed by atoms with Gasteiger partial charge in [-0.1, -0.05) is 23.7 Å². The van der Waals surface area contributed by atoms with E-state index >= 15 is 0 Å². The Morgan fingerprint density at radius 1 is 1.42 bits per heavy atom. The van der Waals surface area contributed by atoms with Crippen molar-refractivity contribution < 1.29 is 14.6 Å². The number of pyridine rings is 1. The molecule has 2 N–H and O–H groups in total. The molecule has 5 nitrogen and oxygen atoms in total. The molecule has 0 aliphatic rings. The zero-order valence-electron chi connectivity index (χ0n) is 10.1. The fourth-order valence-corrected chi connectivity index (χ4v) is 1.74. The van der Waals surface area contributed by atoms with Gasteiger partial charge in [-0.15, -0.1) is 0 Å². The Bertz CT molecular complexity index is 617. The van der Waals surface area contributed by atoms with Gasteiger partial charge in [0.25, 0.3) is 0 Å². The summed E-state index contributed by atoms with van der Waals surface area (Å²) in [5, 5.41) is 12.1. The van der Waals surface area contributed by atoms with E-state index in [9.17, 15) is 4.79 Å². The smallest absolute Gasteiger partial charge is 0.337 e. The Labute approximate surface area is 114 Å². The van der Waals surface area contributed by atoms with E-state index in [1.54, 1.807) is 19.2 Å². The van der Waals surface area contributed by atoms with Crippen molar-refractivity contribution in [3.63, 3.8) is 0 Å². The van der Waals surface area contributed by atoms with Crippen LogP contribution in [0, 0.1) is 0 Å². The van der Waals surface area contributed by atoms with Gasteiger partial charge in [0.05, 0.1) is 23.4 Å². The highest BCUT2D eigenvalue weighted by Crippen LogP contribution is 2.27. The van der Waals surface area contributed by atoms with Crippen LogP contribution in [0.1, 0.15) is 10.4 Å². The maximum absolute atomic E-state index is 11.0. The molecule has 0 aliphatic carbocycles. The number of anilines is 2. The highest BCUT2D eigenvalue weighted by Gasteiger charge is 2.11. The summed E-state index contributed by atoms with van der Waals surface area (Å²) in [6.45, 7) is 0. The van der Waals surface area contributed by atoms with E-state index in [-0.39, 0.29) is 10.6 Å². The van der Waals surface area contributed by atoms with E-state index in [4.69, 9.17) is 21.4 Å². The second kappa shape index (κ2) is 5.58. The topological polar surface area (TPSA) is 71.5 Å². The summed E-state index contributed by atoms with van der Waals surface area (Å²) in [5.41, 5.74) is 0.685. The van der Waals surface area contributed by atoms with Gasteiger partial charge in [0.1, 0.15) is 11.6 Å². The first-order valence-corrected chi connectivity index (χ1v) is 5.78. The van der Waals surface area contributed by atoms with Crippen molar-refractivity contribution in [2.24, 2.45) is 0 Å². The molecule has 0 spiro atoms. The molecule has 1 aromatic heterocycles. The van der Waals surface area contributed by atoms with Crippen LogP contribution < -0.4 is 10.1 Å². The second-order valence-electron chi connectivity index (χ2n) is 3.68. The number of nitrogens with one attached hydrogen (secondary N) is 1. The number of halogens is 1. The summed E-state index contributed by atoms with van der Waals surface area (Å²) >= 11 is 5.76. The van der Waals surface area contributed by atoms with Crippen LogP contribution in [0.25, 0.3) is 0 Å². The molecular weight excluding hydrogens is 268 g/mol. The van der Waals surface area contributed by atoms with Crippen LogP contribution >= 0.6 is 11.6 Å². The van der Waals surface area contributed by atoms with Crippen LogP contribution in [0.2, 0.25) is 5.02 Å². The van der Waals surface area contributed by atoms with Crippen LogP contribution in [0.5, 0.6) is 5.75 Å². The number of aromatic carboxylic acids is 1. The molecule has 0 atom stereocenters. The molecule has 0 bridgehead atoms. The van der Waals surface area contributed by atoms with Gasteiger partial charge in [0.2, 0.25) is 0 Å². The molecule has 0 unspecified atom stereocenters. The van der Waals surface area contributed by atoms with E-state index in [1.165, 1.54) is 12.3 Å². The molecule has 0 saturated carbocycles. The lowest BCUT2D eigenvalue weighted by Crippen LogP contribution is -2.02. The van der Waals surface area contributed by atoms with Crippen LogP contribution in [0.15, 0.2) is 36.5 Å². The Kier molecular flexibility index (Phi) is 3.87. The Balaban J connectivity index is 2.33. The third-order valence-corrected chi connectivity index (χ3v) is 2.76. The van der Waals surface area contributed by atoms with Crippen LogP contribution in [-0.2, 0) is 0 Å². The summed E-state index contributed by atoms with van der Waals surface area (Å²) in [7, 11) is 1.55. The maximum atomic E-state index is 11.0. The quantitative estimate of drug-likeness (QED) is 0.899. The molecule has 0 radical (unpaired) electrons. The second-order valence-corrected chi connectivity index (χ2v) is 4.09. The average Bonchev–Trinajstić information content (AvgIpc) is 2.41. The van der Waals surface area contributed by atoms with Crippen molar-refractivity contribution in [2.75, 3.05) is 12.4 Å². The van der Waals surface area contributed by atoms with Gasteiger partial charge >= 0.3 is 5.97 Å². The minimum Gasteiger partial charge on any atom is -0.495 e. The van der Waals surface area contributed by atoms with Gasteiger partial charge in [0, 0.05) is 6.20 Å². The Morgan fingerprint density at radius 2 is 2.16 bits per heavy atom. The molecule has 19 heavy (non-hydrogen) atoms. The summed E-state index contributed by atoms with van der Waals surface area (Å²) < 4.78 is 5.19. The first kappa shape index (κ1) is 13.2. The zero-order valence-corrected chi connectivity index (χ0v) is 10.8. The summed E-state index contributed by atoms with van der Waals surface area (Å²) in [6.07, 6.45) is 1.29. The molecule has 2 aromatic rings. The fourth-order valence-electron chi connectivity index (χ4n) is 1.56. The van der Waals surface area contributed by atoms with Gasteiger partial charge in [-0.3, -0.25) is 0 Å². The number of ether oxygens (including phenoxy) is 1. The van der Waals surface area contributed by atoms with Gasteiger partial charge in [0.15, 0.2) is 0 Å². The number of benzene rings is 1. The predicted octanol–water partition coefficient (Wildman–Crippen LogP) is 3.19. The number of carboxylic acids is 1. The largest absolute Gasteiger partial charge is 0.495 e. The molecule has 0 aliphatic heterocycles. The number of para-hydroxylation sites is 2. The number of carbonyl (C=O) groups is 1. The molecular formula is C13H11ClN2O3. The molecule has 1 aromatic carbocycles. The van der Waals surface area contributed by atoms with E-state index in [1.807, 2.05) is 12.1 Å². The minimum absolute atomic E-state index is 0.00550. The standard InChI is InChI=1S/C13H11ClN2O3/c1-19-11-5-3-2-4-10(11)16-12-6-8(13(17)18)9(14)7-15-12/h2-7H,1H3,(H,15,16)(H,17,18). The molecule has 0 amide bonds. The van der Waals surface area contributed by atoms with Crippen LogP contribution in [-0.4, -0.2) is 23.2 Å². The van der Waals surface area contributed by atoms with Crippen molar-refractivity contribution in [1.29, 1.82) is 0 Å². The molecule has 0 fully saturated rings. The molecule has 0 saturated heterocycles. The molecule has 2 rings (SSSR count). The number of hydrogen-bond donors (Lipinski definition) is 2. The highest BCUT2D eigenvalue weighted by atomic mass is 35.5. The monoisotopic (exact) mass is 278 g/mol. The average molecular weight is 279 g/mol. The minimum atomic E-state index is -1.10. The molecule has 1 heterocycles. The number of methoxy groups -OCH3 is 1. The van der Waals surface area contributed by atoms with Gasteiger partial charge in [-0.25, -0.2) is 9.78 Å². The third-order valence-electron chi connectivity index (χ3n) is 2.46.